The van der Waals surface area contributed by atoms with Gasteiger partial charge in [0, 0.05) is 12.1 Å². The molecule has 3 N–H and O–H groups in total. The van der Waals surface area contributed by atoms with Crippen LogP contribution in [0.4, 0.5) is 18.9 Å². The van der Waals surface area contributed by atoms with Crippen LogP contribution in [0.1, 0.15) is 27.7 Å². The molecule has 0 heterocycles. The Kier molecular flexibility index (Phi) is 9.08. The largest absolute Gasteiger partial charge is 0.357 e. The second-order valence-corrected chi connectivity index (χ2v) is 5.84. The fourth-order valence-corrected chi connectivity index (χ4v) is 1.63. The maximum atomic E-state index is 13.5. The molecule has 0 aliphatic carbocycles. The van der Waals surface area contributed by atoms with Crippen LogP contribution in [0.3, 0.4) is 0 Å². The summed E-state index contributed by atoms with van der Waals surface area (Å²) in [6.07, 6.45) is 0. The molecule has 136 valence electrons. The van der Waals surface area contributed by atoms with Gasteiger partial charge in [0.05, 0.1) is 5.69 Å². The van der Waals surface area contributed by atoms with Gasteiger partial charge >= 0.3 is 0 Å². The van der Waals surface area contributed by atoms with E-state index in [1.807, 2.05) is 27.7 Å². The lowest BCUT2D eigenvalue weighted by Gasteiger charge is -2.23. The number of halogens is 4. The third-order valence-corrected chi connectivity index (χ3v) is 2.53. The molecule has 0 unspecified atom stereocenters. The van der Waals surface area contributed by atoms with E-state index in [2.05, 4.69) is 20.9 Å². The Morgan fingerprint density at radius 2 is 1.79 bits per heavy atom. The molecule has 0 saturated carbocycles. The Morgan fingerprint density at radius 3 is 2.33 bits per heavy atom. The summed E-state index contributed by atoms with van der Waals surface area (Å²) in [7, 11) is 0. The number of amides is 1. The van der Waals surface area contributed by atoms with Crippen molar-refractivity contribution in [3.05, 3.63) is 29.6 Å². The lowest BCUT2D eigenvalue weighted by Crippen LogP contribution is -2.47. The minimum atomic E-state index is -1.63. The number of nitrogens with one attached hydrogen (secondary N) is 3. The van der Waals surface area contributed by atoms with Crippen LogP contribution in [0.25, 0.3) is 0 Å². The molecule has 0 aromatic heterocycles. The highest BCUT2D eigenvalue weighted by molar-refractivity contribution is 14.0. The smallest absolute Gasteiger partial charge is 0.246 e. The number of nitrogens with zero attached hydrogens (tertiary/aromatic N) is 1. The van der Waals surface area contributed by atoms with Crippen LogP contribution in [0, 0.1) is 17.5 Å². The van der Waals surface area contributed by atoms with Gasteiger partial charge in [0.2, 0.25) is 5.91 Å². The summed E-state index contributed by atoms with van der Waals surface area (Å²) >= 11 is 0. The van der Waals surface area contributed by atoms with Gasteiger partial charge in [-0.05, 0) is 39.8 Å². The van der Waals surface area contributed by atoms with Crippen LogP contribution in [0.15, 0.2) is 17.1 Å². The van der Waals surface area contributed by atoms with E-state index in [1.54, 1.807) is 0 Å². The van der Waals surface area contributed by atoms with Crippen molar-refractivity contribution in [3.63, 3.8) is 0 Å². The van der Waals surface area contributed by atoms with Crippen molar-refractivity contribution >= 4 is 41.5 Å². The molecule has 1 rings (SSSR count). The van der Waals surface area contributed by atoms with Gasteiger partial charge in [-0.15, -0.1) is 24.0 Å². The number of benzene rings is 1. The number of aliphatic imine (C=N–C) groups is 1. The number of carbonyl (C=O) groups is 1. The number of hydrogen-bond donors (Lipinski definition) is 3. The zero-order chi connectivity index (χ0) is 17.6. The zero-order valence-electron chi connectivity index (χ0n) is 14.0. The topological polar surface area (TPSA) is 65.5 Å². The molecule has 0 saturated heterocycles. The van der Waals surface area contributed by atoms with E-state index in [-0.39, 0.29) is 36.1 Å². The molecule has 5 nitrogen and oxygen atoms in total. The molecule has 0 bridgehead atoms. The van der Waals surface area contributed by atoms with E-state index in [1.165, 1.54) is 0 Å². The summed E-state index contributed by atoms with van der Waals surface area (Å²) in [5.41, 5.74) is -0.693. The van der Waals surface area contributed by atoms with Gasteiger partial charge in [0.1, 0.15) is 6.54 Å². The molecule has 0 fully saturated rings. The van der Waals surface area contributed by atoms with Crippen LogP contribution in [-0.4, -0.2) is 30.5 Å². The van der Waals surface area contributed by atoms with Gasteiger partial charge in [-0.3, -0.25) is 4.79 Å². The highest BCUT2D eigenvalue weighted by Crippen LogP contribution is 2.19. The average Bonchev–Trinajstić information content (AvgIpc) is 2.44. The first-order chi connectivity index (χ1) is 10.6. The van der Waals surface area contributed by atoms with Crippen molar-refractivity contribution in [1.82, 2.24) is 10.6 Å². The molecule has 0 aliphatic heterocycles. The lowest BCUT2D eigenvalue weighted by molar-refractivity contribution is -0.114. The van der Waals surface area contributed by atoms with Crippen molar-refractivity contribution in [3.8, 4) is 0 Å². The van der Waals surface area contributed by atoms with Gasteiger partial charge in [0.25, 0.3) is 0 Å². The Balaban J connectivity index is 0.00000529. The molecule has 0 spiro atoms. The molecule has 1 amide bonds. The number of carbonyl (C=O) groups excluding carboxylic acids is 1. The molecule has 0 radical (unpaired) electrons. The normalized spacial score (nSPS) is 11.5. The third kappa shape index (κ3) is 7.37. The van der Waals surface area contributed by atoms with Crippen molar-refractivity contribution in [2.45, 2.75) is 33.2 Å². The first-order valence-corrected chi connectivity index (χ1v) is 7.14. The standard InChI is InChI=1S/C15H21F3N4O.HI/c1-5-19-14(22-15(2,3)4)20-8-11(23)21-10-7-6-9(16)12(17)13(10)18;/h6-7H,5,8H2,1-4H3,(H,21,23)(H2,19,20,22);1H. The summed E-state index contributed by atoms with van der Waals surface area (Å²) in [5.74, 6) is -4.62. The Hall–Kier alpha value is -1.52. The van der Waals surface area contributed by atoms with Gasteiger partial charge in [-0.25, -0.2) is 18.2 Å². The monoisotopic (exact) mass is 458 g/mol. The SMILES string of the molecule is CCNC(=NCC(=O)Nc1ccc(F)c(F)c1F)NC(C)(C)C.I. The van der Waals surface area contributed by atoms with Crippen LogP contribution >= 0.6 is 24.0 Å². The molecule has 24 heavy (non-hydrogen) atoms. The summed E-state index contributed by atoms with van der Waals surface area (Å²) < 4.78 is 39.4. The second kappa shape index (κ2) is 9.70. The van der Waals surface area contributed by atoms with E-state index in [0.29, 0.717) is 12.5 Å². The molecular formula is C15H22F3IN4O. The maximum Gasteiger partial charge on any atom is 0.246 e. The first kappa shape index (κ1) is 22.5. The van der Waals surface area contributed by atoms with Gasteiger partial charge < -0.3 is 16.0 Å². The highest BCUT2D eigenvalue weighted by atomic mass is 127. The molecular weight excluding hydrogens is 436 g/mol. The first-order valence-electron chi connectivity index (χ1n) is 7.14. The van der Waals surface area contributed by atoms with E-state index < -0.39 is 29.0 Å². The van der Waals surface area contributed by atoms with Crippen LogP contribution in [0.2, 0.25) is 0 Å². The van der Waals surface area contributed by atoms with E-state index in [0.717, 1.165) is 12.1 Å². The minimum Gasteiger partial charge on any atom is -0.357 e. The predicted molar refractivity (Wildman–Crippen MR) is 99.2 cm³/mol. The van der Waals surface area contributed by atoms with E-state index >= 15 is 0 Å². The number of anilines is 1. The third-order valence-electron chi connectivity index (χ3n) is 2.53. The zero-order valence-corrected chi connectivity index (χ0v) is 16.3. The van der Waals surface area contributed by atoms with E-state index in [4.69, 9.17) is 0 Å². The maximum absolute atomic E-state index is 13.5. The number of hydrogen-bond acceptors (Lipinski definition) is 2. The Labute approximate surface area is 156 Å². The van der Waals surface area contributed by atoms with Crippen molar-refractivity contribution in [2.75, 3.05) is 18.4 Å². The summed E-state index contributed by atoms with van der Waals surface area (Å²) in [5, 5.41) is 8.20. The van der Waals surface area contributed by atoms with Crippen LogP contribution < -0.4 is 16.0 Å². The highest BCUT2D eigenvalue weighted by Gasteiger charge is 2.16. The molecule has 1 aromatic carbocycles. The lowest BCUT2D eigenvalue weighted by atomic mass is 10.1. The van der Waals surface area contributed by atoms with Crippen molar-refractivity contribution < 1.29 is 18.0 Å². The molecule has 9 heteroatoms. The Morgan fingerprint density at radius 1 is 1.17 bits per heavy atom. The quantitative estimate of drug-likeness (QED) is 0.282. The van der Waals surface area contributed by atoms with E-state index in [9.17, 15) is 18.0 Å². The van der Waals surface area contributed by atoms with Crippen LogP contribution in [-0.2, 0) is 4.79 Å². The summed E-state index contributed by atoms with van der Waals surface area (Å²) in [4.78, 5) is 15.8. The molecule has 0 atom stereocenters. The molecule has 0 aliphatic rings. The van der Waals surface area contributed by atoms with Crippen molar-refractivity contribution in [2.24, 2.45) is 4.99 Å². The van der Waals surface area contributed by atoms with Gasteiger partial charge in [-0.1, -0.05) is 0 Å². The van der Waals surface area contributed by atoms with Crippen LogP contribution in [0.5, 0.6) is 0 Å². The van der Waals surface area contributed by atoms with Gasteiger partial charge in [-0.2, -0.15) is 0 Å². The fourth-order valence-electron chi connectivity index (χ4n) is 1.63. The predicted octanol–water partition coefficient (Wildman–Crippen LogP) is 3.01. The Bertz CT molecular complexity index is 603. The van der Waals surface area contributed by atoms with Gasteiger partial charge in [0.15, 0.2) is 23.4 Å². The van der Waals surface area contributed by atoms with Crippen molar-refractivity contribution in [1.29, 1.82) is 0 Å². The number of rotatable bonds is 4. The molecule has 1 aromatic rings. The second-order valence-electron chi connectivity index (χ2n) is 5.84. The minimum absolute atomic E-state index is 0. The number of guanidine groups is 1. The summed E-state index contributed by atoms with van der Waals surface area (Å²) in [6.45, 7) is 7.95. The fraction of sp³-hybridized carbons (Fsp3) is 0.467. The average molecular weight is 458 g/mol. The summed E-state index contributed by atoms with van der Waals surface area (Å²) in [6, 6.07) is 1.69.